The minimum Gasteiger partial charge on any atom is -0.388 e. The summed E-state index contributed by atoms with van der Waals surface area (Å²) in [6.45, 7) is 3.14. The fourth-order valence-corrected chi connectivity index (χ4v) is 3.17. The maximum atomic E-state index is 10.3. The zero-order valence-electron chi connectivity index (χ0n) is 13.0. The smallest absolute Gasteiger partial charge is 0.0802 e. The quantitative estimate of drug-likeness (QED) is 0.850. The summed E-state index contributed by atoms with van der Waals surface area (Å²) < 4.78 is 0. The van der Waals surface area contributed by atoms with Crippen LogP contribution in [0.1, 0.15) is 62.7 Å². The summed E-state index contributed by atoms with van der Waals surface area (Å²) in [6, 6.07) is 9.14. The third-order valence-electron chi connectivity index (χ3n) is 4.73. The van der Waals surface area contributed by atoms with Crippen LogP contribution < -0.4 is 0 Å². The lowest BCUT2D eigenvalue weighted by atomic mass is 9.94. The van der Waals surface area contributed by atoms with E-state index in [4.69, 9.17) is 0 Å². The van der Waals surface area contributed by atoms with E-state index < -0.39 is 0 Å². The van der Waals surface area contributed by atoms with E-state index in [9.17, 15) is 5.11 Å². The predicted octanol–water partition coefficient (Wildman–Crippen LogP) is 3.94. The van der Waals surface area contributed by atoms with Crippen LogP contribution in [0.4, 0.5) is 0 Å². The van der Waals surface area contributed by atoms with Gasteiger partial charge >= 0.3 is 0 Å². The zero-order chi connectivity index (χ0) is 14.4. The van der Waals surface area contributed by atoms with E-state index in [1.165, 1.54) is 37.7 Å². The highest BCUT2D eigenvalue weighted by atomic mass is 16.3. The van der Waals surface area contributed by atoms with Gasteiger partial charge in [0.25, 0.3) is 0 Å². The zero-order valence-corrected chi connectivity index (χ0v) is 13.0. The first-order valence-corrected chi connectivity index (χ1v) is 8.18. The van der Waals surface area contributed by atoms with Crippen molar-refractivity contribution in [3.8, 4) is 0 Å². The molecule has 1 aromatic rings. The summed E-state index contributed by atoms with van der Waals surface area (Å²) in [5.74, 6) is 0. The minimum atomic E-state index is -0.327. The van der Waals surface area contributed by atoms with Crippen molar-refractivity contribution < 1.29 is 5.11 Å². The van der Waals surface area contributed by atoms with E-state index in [2.05, 4.69) is 43.1 Å². The van der Waals surface area contributed by atoms with Gasteiger partial charge in [-0.25, -0.2) is 0 Å². The monoisotopic (exact) mass is 275 g/mol. The molecule has 20 heavy (non-hydrogen) atoms. The molecule has 2 nitrogen and oxygen atoms in total. The van der Waals surface area contributed by atoms with E-state index >= 15 is 0 Å². The van der Waals surface area contributed by atoms with Crippen LogP contribution in [0.5, 0.6) is 0 Å². The molecule has 0 radical (unpaired) electrons. The van der Waals surface area contributed by atoms with Gasteiger partial charge in [0.2, 0.25) is 0 Å². The Morgan fingerprint density at radius 2 is 1.80 bits per heavy atom. The molecule has 0 heterocycles. The Kier molecular flexibility index (Phi) is 6.06. The number of nitrogens with zero attached hydrogens (tertiary/aromatic N) is 1. The molecule has 0 bridgehead atoms. The highest BCUT2D eigenvalue weighted by molar-refractivity contribution is 5.24. The molecule has 1 aliphatic carbocycles. The molecule has 0 aromatic heterocycles. The van der Waals surface area contributed by atoms with E-state index in [-0.39, 0.29) is 6.10 Å². The molecule has 2 heteroatoms. The van der Waals surface area contributed by atoms with Crippen LogP contribution in [0.15, 0.2) is 24.3 Å². The summed E-state index contributed by atoms with van der Waals surface area (Å²) in [7, 11) is 2.21. The lowest BCUT2D eigenvalue weighted by Crippen LogP contribution is -2.34. The van der Waals surface area contributed by atoms with Gasteiger partial charge in [-0.05, 0) is 43.9 Å². The molecule has 1 saturated carbocycles. The summed E-state index contributed by atoms with van der Waals surface area (Å²) >= 11 is 0. The van der Waals surface area contributed by atoms with Crippen LogP contribution in [0, 0.1) is 0 Å². The van der Waals surface area contributed by atoms with Crippen molar-refractivity contribution in [1.82, 2.24) is 4.90 Å². The van der Waals surface area contributed by atoms with Gasteiger partial charge in [0.05, 0.1) is 6.10 Å². The van der Waals surface area contributed by atoms with Crippen LogP contribution in [-0.2, 0) is 6.42 Å². The minimum absolute atomic E-state index is 0.327. The van der Waals surface area contributed by atoms with Gasteiger partial charge in [0, 0.05) is 12.6 Å². The third-order valence-corrected chi connectivity index (χ3v) is 4.73. The molecule has 0 spiro atoms. The third kappa shape index (κ3) is 4.32. The van der Waals surface area contributed by atoms with Gasteiger partial charge in [-0.15, -0.1) is 0 Å². The first-order valence-electron chi connectivity index (χ1n) is 8.18. The Balaban J connectivity index is 1.79. The maximum Gasteiger partial charge on any atom is 0.0802 e. The van der Waals surface area contributed by atoms with Crippen molar-refractivity contribution in [2.24, 2.45) is 0 Å². The van der Waals surface area contributed by atoms with Crippen LogP contribution in [0.2, 0.25) is 0 Å². The van der Waals surface area contributed by atoms with Crippen LogP contribution >= 0.6 is 0 Å². The number of aryl methyl sites for hydroxylation is 1. The molecule has 1 N–H and O–H groups in total. The van der Waals surface area contributed by atoms with Crippen molar-refractivity contribution >= 4 is 0 Å². The molecule has 0 saturated heterocycles. The number of hydrogen-bond donors (Lipinski definition) is 1. The topological polar surface area (TPSA) is 23.5 Å². The van der Waals surface area contributed by atoms with Crippen LogP contribution in [-0.4, -0.2) is 29.6 Å². The second-order valence-electron chi connectivity index (χ2n) is 6.17. The van der Waals surface area contributed by atoms with Gasteiger partial charge in [0.15, 0.2) is 0 Å². The van der Waals surface area contributed by atoms with Gasteiger partial charge in [0.1, 0.15) is 0 Å². The average Bonchev–Trinajstić information content (AvgIpc) is 2.53. The molecule has 1 aromatic carbocycles. The molecule has 0 aliphatic heterocycles. The summed E-state index contributed by atoms with van der Waals surface area (Å²) in [5.41, 5.74) is 2.39. The van der Waals surface area contributed by atoms with Gasteiger partial charge in [-0.3, -0.25) is 0 Å². The number of aliphatic hydroxyl groups is 1. The first-order chi connectivity index (χ1) is 9.70. The number of aliphatic hydroxyl groups excluding tert-OH is 1. The second kappa shape index (κ2) is 7.80. The molecule has 1 fully saturated rings. The number of benzene rings is 1. The summed E-state index contributed by atoms with van der Waals surface area (Å²) in [4.78, 5) is 2.45. The number of hydrogen-bond acceptors (Lipinski definition) is 2. The molecular weight excluding hydrogens is 246 g/mol. The van der Waals surface area contributed by atoms with E-state index in [0.717, 1.165) is 31.0 Å². The van der Waals surface area contributed by atoms with E-state index in [1.807, 2.05) is 0 Å². The molecule has 1 aliphatic rings. The fraction of sp³-hybridized carbons (Fsp3) is 0.667. The first kappa shape index (κ1) is 15.5. The standard InChI is InChI=1S/C18H29NO/c1-3-15-9-11-16(12-10-15)18(20)13-14-19(2)17-7-5-4-6-8-17/h9-12,17-18,20H,3-8,13-14H2,1-2H3. The lowest BCUT2D eigenvalue weighted by molar-refractivity contribution is 0.125. The van der Waals surface area contributed by atoms with Gasteiger partial charge in [-0.2, -0.15) is 0 Å². The van der Waals surface area contributed by atoms with Crippen molar-refractivity contribution in [2.45, 2.75) is 64.0 Å². The summed E-state index contributed by atoms with van der Waals surface area (Å²) in [5, 5.41) is 10.3. The van der Waals surface area contributed by atoms with Gasteiger partial charge in [-0.1, -0.05) is 50.5 Å². The molecule has 1 unspecified atom stereocenters. The second-order valence-corrected chi connectivity index (χ2v) is 6.17. The normalized spacial score (nSPS) is 18.4. The van der Waals surface area contributed by atoms with E-state index in [0.29, 0.717) is 0 Å². The number of rotatable bonds is 6. The summed E-state index contributed by atoms with van der Waals surface area (Å²) in [6.07, 6.45) is 8.37. The molecular formula is C18H29NO. The van der Waals surface area contributed by atoms with Crippen LogP contribution in [0.3, 0.4) is 0 Å². The van der Waals surface area contributed by atoms with Crippen molar-refractivity contribution in [3.05, 3.63) is 35.4 Å². The molecule has 112 valence electrons. The van der Waals surface area contributed by atoms with Gasteiger partial charge < -0.3 is 10.0 Å². The maximum absolute atomic E-state index is 10.3. The molecule has 1 atom stereocenters. The fourth-order valence-electron chi connectivity index (χ4n) is 3.17. The van der Waals surface area contributed by atoms with Crippen molar-refractivity contribution in [3.63, 3.8) is 0 Å². The van der Waals surface area contributed by atoms with Crippen molar-refractivity contribution in [1.29, 1.82) is 0 Å². The Bertz CT molecular complexity index is 381. The Morgan fingerprint density at radius 3 is 2.40 bits per heavy atom. The Labute approximate surface area is 123 Å². The van der Waals surface area contributed by atoms with Crippen molar-refractivity contribution in [2.75, 3.05) is 13.6 Å². The Hall–Kier alpha value is -0.860. The van der Waals surface area contributed by atoms with E-state index in [1.54, 1.807) is 0 Å². The molecule has 0 amide bonds. The predicted molar refractivity (Wildman–Crippen MR) is 84.9 cm³/mol. The average molecular weight is 275 g/mol. The Morgan fingerprint density at radius 1 is 1.15 bits per heavy atom. The lowest BCUT2D eigenvalue weighted by Gasteiger charge is -2.31. The molecule has 2 rings (SSSR count). The highest BCUT2D eigenvalue weighted by Crippen LogP contribution is 2.23. The SMILES string of the molecule is CCc1ccc(C(O)CCN(C)C2CCCCC2)cc1. The highest BCUT2D eigenvalue weighted by Gasteiger charge is 2.18. The van der Waals surface area contributed by atoms with Crippen LogP contribution in [0.25, 0.3) is 0 Å². The largest absolute Gasteiger partial charge is 0.388 e.